The number of benzene rings is 1. The summed E-state index contributed by atoms with van der Waals surface area (Å²) in [6.07, 6.45) is 1.52. The van der Waals surface area contributed by atoms with Gasteiger partial charge in [0, 0.05) is 35.0 Å². The van der Waals surface area contributed by atoms with E-state index in [0.29, 0.717) is 11.4 Å². The lowest BCUT2D eigenvalue weighted by Crippen LogP contribution is -2.44. The van der Waals surface area contributed by atoms with E-state index in [1.165, 1.54) is 30.5 Å². The van der Waals surface area contributed by atoms with Crippen LogP contribution in [0, 0.1) is 0 Å². The van der Waals surface area contributed by atoms with E-state index < -0.39 is 29.3 Å². The number of nitrogens with zero attached hydrogens (tertiary/aromatic N) is 1. The van der Waals surface area contributed by atoms with Crippen LogP contribution in [0.2, 0.25) is 0 Å². The summed E-state index contributed by atoms with van der Waals surface area (Å²) in [6.45, 7) is -0.317. The number of carboxylic acids is 1. The van der Waals surface area contributed by atoms with Crippen LogP contribution in [0.4, 0.5) is 10.5 Å². The quantitative estimate of drug-likeness (QED) is 0.703. The second-order valence-electron chi connectivity index (χ2n) is 4.01. The third-order valence-corrected chi connectivity index (χ3v) is 3.14. The summed E-state index contributed by atoms with van der Waals surface area (Å²) in [5.41, 5.74) is 0.348. The van der Waals surface area contributed by atoms with E-state index >= 15 is 0 Å². The van der Waals surface area contributed by atoms with Crippen LogP contribution >= 0.6 is 0 Å². The van der Waals surface area contributed by atoms with Gasteiger partial charge < -0.3 is 15.5 Å². The van der Waals surface area contributed by atoms with E-state index in [9.17, 15) is 18.9 Å². The topological polar surface area (TPSA) is 107 Å². The molecular weight excluding hydrogens is 284 g/mol. The molecule has 0 saturated carbocycles. The van der Waals surface area contributed by atoms with Gasteiger partial charge in [-0.05, 0) is 24.3 Å². The van der Waals surface area contributed by atoms with Crippen LogP contribution in [0.3, 0.4) is 0 Å². The molecule has 2 amide bonds. The van der Waals surface area contributed by atoms with Crippen LogP contribution in [0.25, 0.3) is 0 Å². The Balaban J connectivity index is 2.77. The molecule has 0 fully saturated rings. The molecule has 0 aliphatic heterocycles. The molecule has 8 heteroatoms. The van der Waals surface area contributed by atoms with E-state index in [1.807, 2.05) is 0 Å². The molecule has 7 nitrogen and oxygen atoms in total. The van der Waals surface area contributed by atoms with Gasteiger partial charge in [-0.15, -0.1) is 0 Å². The number of amides is 2. The minimum atomic E-state index is -1.16. The van der Waals surface area contributed by atoms with Crippen molar-refractivity contribution in [2.24, 2.45) is 0 Å². The Hall–Kier alpha value is -2.09. The van der Waals surface area contributed by atoms with E-state index in [1.54, 1.807) is 0 Å². The highest BCUT2D eigenvalue weighted by Gasteiger charge is 2.18. The summed E-state index contributed by atoms with van der Waals surface area (Å²) < 4.78 is 10.9. The van der Waals surface area contributed by atoms with E-state index in [-0.39, 0.29) is 12.3 Å². The fourth-order valence-electron chi connectivity index (χ4n) is 1.45. The van der Waals surface area contributed by atoms with Crippen LogP contribution in [0.1, 0.15) is 0 Å². The smallest absolute Gasteiger partial charge is 0.323 e. The van der Waals surface area contributed by atoms with Crippen molar-refractivity contribution in [3.8, 4) is 5.75 Å². The van der Waals surface area contributed by atoms with E-state index in [4.69, 9.17) is 5.11 Å². The Kier molecular flexibility index (Phi) is 5.98. The van der Waals surface area contributed by atoms with Crippen molar-refractivity contribution in [1.29, 1.82) is 0 Å². The summed E-state index contributed by atoms with van der Waals surface area (Å²) in [4.78, 5) is 23.8. The summed E-state index contributed by atoms with van der Waals surface area (Å²) in [7, 11) is -1.04. The lowest BCUT2D eigenvalue weighted by molar-refractivity contribution is -0.135. The Bertz CT molecular complexity index is 503. The SMILES string of the molecule is CS(=O)CCNC(=O)N(CC(=O)O)c1ccc(O)cc1. The van der Waals surface area contributed by atoms with Gasteiger partial charge >= 0.3 is 12.0 Å². The Morgan fingerprint density at radius 1 is 1.30 bits per heavy atom. The zero-order chi connectivity index (χ0) is 15.1. The third kappa shape index (κ3) is 5.27. The standard InChI is InChI=1S/C12H16N2O5S/c1-20(19)7-6-13-12(18)14(8-11(16)17)9-2-4-10(15)5-3-9/h2-5,15H,6-8H2,1H3,(H,13,18)(H,16,17). The minimum absolute atomic E-state index is 0.0193. The molecule has 20 heavy (non-hydrogen) atoms. The number of hydrogen-bond acceptors (Lipinski definition) is 4. The van der Waals surface area contributed by atoms with Crippen LogP contribution in [-0.4, -0.2) is 51.5 Å². The first-order chi connectivity index (χ1) is 9.40. The minimum Gasteiger partial charge on any atom is -0.508 e. The Labute approximate surface area is 118 Å². The zero-order valence-corrected chi connectivity index (χ0v) is 11.7. The molecule has 0 spiro atoms. The predicted octanol–water partition coefficient (Wildman–Crippen LogP) is 0.371. The first-order valence-corrected chi connectivity index (χ1v) is 7.49. The highest BCUT2D eigenvalue weighted by Crippen LogP contribution is 2.18. The fourth-order valence-corrected chi connectivity index (χ4v) is 1.83. The van der Waals surface area contributed by atoms with Gasteiger partial charge in [0.1, 0.15) is 12.3 Å². The predicted molar refractivity (Wildman–Crippen MR) is 75.4 cm³/mol. The second-order valence-corrected chi connectivity index (χ2v) is 5.56. The number of rotatable bonds is 6. The summed E-state index contributed by atoms with van der Waals surface area (Å²) in [5.74, 6) is -0.847. The van der Waals surface area contributed by atoms with Crippen molar-refractivity contribution in [2.45, 2.75) is 0 Å². The second kappa shape index (κ2) is 7.49. The fraction of sp³-hybridized carbons (Fsp3) is 0.333. The number of anilines is 1. The van der Waals surface area contributed by atoms with Crippen LogP contribution < -0.4 is 10.2 Å². The average Bonchev–Trinajstić information content (AvgIpc) is 2.36. The number of hydrogen-bond donors (Lipinski definition) is 3. The maximum atomic E-state index is 11.9. The average molecular weight is 300 g/mol. The lowest BCUT2D eigenvalue weighted by Gasteiger charge is -2.21. The molecule has 0 aliphatic carbocycles. The van der Waals surface area contributed by atoms with Crippen molar-refractivity contribution in [2.75, 3.05) is 30.0 Å². The number of urea groups is 1. The largest absolute Gasteiger partial charge is 0.508 e. The first kappa shape index (κ1) is 16.0. The zero-order valence-electron chi connectivity index (χ0n) is 10.9. The third-order valence-electron chi connectivity index (χ3n) is 2.37. The Morgan fingerprint density at radius 2 is 1.90 bits per heavy atom. The van der Waals surface area contributed by atoms with Crippen molar-refractivity contribution in [3.05, 3.63) is 24.3 Å². The highest BCUT2D eigenvalue weighted by molar-refractivity contribution is 7.84. The molecule has 1 rings (SSSR count). The molecule has 110 valence electrons. The number of carbonyl (C=O) groups excluding carboxylic acids is 1. The van der Waals surface area contributed by atoms with Gasteiger partial charge in [0.15, 0.2) is 0 Å². The van der Waals surface area contributed by atoms with Crippen molar-refractivity contribution in [1.82, 2.24) is 5.32 Å². The molecule has 1 aromatic carbocycles. The maximum Gasteiger partial charge on any atom is 0.323 e. The van der Waals surface area contributed by atoms with E-state index in [0.717, 1.165) is 4.90 Å². The lowest BCUT2D eigenvalue weighted by atomic mass is 10.3. The highest BCUT2D eigenvalue weighted by atomic mass is 32.2. The number of phenolic OH excluding ortho intramolecular Hbond substituents is 1. The molecule has 3 N–H and O–H groups in total. The van der Waals surface area contributed by atoms with Gasteiger partial charge in [0.05, 0.1) is 0 Å². The Morgan fingerprint density at radius 3 is 2.40 bits per heavy atom. The van der Waals surface area contributed by atoms with Crippen molar-refractivity contribution < 1.29 is 24.0 Å². The molecule has 0 bridgehead atoms. The summed E-state index contributed by atoms with van der Waals surface area (Å²) in [6, 6.07) is 5.01. The number of aromatic hydroxyl groups is 1. The molecule has 1 aromatic rings. The molecule has 1 unspecified atom stereocenters. The molecular formula is C12H16N2O5S. The van der Waals surface area contributed by atoms with E-state index in [2.05, 4.69) is 5.32 Å². The van der Waals surface area contributed by atoms with Crippen molar-refractivity contribution in [3.63, 3.8) is 0 Å². The van der Waals surface area contributed by atoms with Crippen molar-refractivity contribution >= 4 is 28.5 Å². The van der Waals surface area contributed by atoms with Gasteiger partial charge in [-0.25, -0.2) is 4.79 Å². The summed E-state index contributed by atoms with van der Waals surface area (Å²) >= 11 is 0. The molecule has 0 radical (unpaired) electrons. The number of phenols is 1. The molecule has 0 heterocycles. The number of nitrogens with one attached hydrogen (secondary N) is 1. The maximum absolute atomic E-state index is 11.9. The van der Waals surface area contributed by atoms with Gasteiger partial charge in [-0.3, -0.25) is 13.9 Å². The summed E-state index contributed by atoms with van der Waals surface area (Å²) in [5, 5.41) is 20.5. The van der Waals surface area contributed by atoms with Gasteiger partial charge in [0.25, 0.3) is 0 Å². The number of carbonyl (C=O) groups is 2. The van der Waals surface area contributed by atoms with Gasteiger partial charge in [-0.2, -0.15) is 0 Å². The molecule has 0 saturated heterocycles. The van der Waals surface area contributed by atoms with Crippen LogP contribution in [-0.2, 0) is 15.6 Å². The van der Waals surface area contributed by atoms with Gasteiger partial charge in [-0.1, -0.05) is 0 Å². The van der Waals surface area contributed by atoms with Gasteiger partial charge in [0.2, 0.25) is 0 Å². The monoisotopic (exact) mass is 300 g/mol. The number of aliphatic carboxylic acids is 1. The van der Waals surface area contributed by atoms with Crippen LogP contribution in [0.5, 0.6) is 5.75 Å². The molecule has 0 aliphatic rings. The first-order valence-electron chi connectivity index (χ1n) is 5.76. The molecule has 1 atom stereocenters. The van der Waals surface area contributed by atoms with Crippen LogP contribution in [0.15, 0.2) is 24.3 Å². The number of carboxylic acid groups (broad SMARTS) is 1. The normalized spacial score (nSPS) is 11.7. The molecule has 0 aromatic heterocycles.